The molecule has 3 N–H and O–H groups in total. The summed E-state index contributed by atoms with van der Waals surface area (Å²) in [5, 5.41) is 22.2. The van der Waals surface area contributed by atoms with Crippen molar-refractivity contribution >= 4 is 34.8 Å². The first-order valence-electron chi connectivity index (χ1n) is 6.83. The molecule has 22 heavy (non-hydrogen) atoms. The van der Waals surface area contributed by atoms with Gasteiger partial charge in [-0.1, -0.05) is 6.07 Å². The number of amides is 1. The Labute approximate surface area is 132 Å². The lowest BCUT2D eigenvalue weighted by molar-refractivity contribution is -0.110. The van der Waals surface area contributed by atoms with Crippen molar-refractivity contribution in [3.05, 3.63) is 53.1 Å². The standard InChI is InChI=1S/C17H14ClNO3/c18-6-5-10-1-3-15-13(7-10)14(17(22)19-15)9-11-8-12(20)2-4-16(11)21/h1-4,7-9,20-21H,5-6H2,(H,19,22). The van der Waals surface area contributed by atoms with Crippen LogP contribution in [0.4, 0.5) is 5.69 Å². The maximum atomic E-state index is 12.2. The van der Waals surface area contributed by atoms with Gasteiger partial charge in [0.05, 0.1) is 0 Å². The second-order valence-corrected chi connectivity index (χ2v) is 5.45. The molecular formula is C17H14ClNO3. The Bertz CT molecular complexity index is 783. The number of phenols is 2. The van der Waals surface area contributed by atoms with Crippen LogP contribution in [-0.2, 0) is 11.2 Å². The van der Waals surface area contributed by atoms with Crippen molar-refractivity contribution in [1.82, 2.24) is 0 Å². The minimum absolute atomic E-state index is 0.00321. The van der Waals surface area contributed by atoms with E-state index in [1.807, 2.05) is 18.2 Å². The maximum absolute atomic E-state index is 12.2. The number of fused-ring (bicyclic) bond motifs is 1. The zero-order valence-electron chi connectivity index (χ0n) is 11.6. The fraction of sp³-hybridized carbons (Fsp3) is 0.118. The van der Waals surface area contributed by atoms with Crippen molar-refractivity contribution in [3.63, 3.8) is 0 Å². The number of anilines is 1. The van der Waals surface area contributed by atoms with E-state index in [1.54, 1.807) is 6.08 Å². The summed E-state index contributed by atoms with van der Waals surface area (Å²) in [6.07, 6.45) is 2.29. The number of phenolic OH excluding ortho intramolecular Hbond substituents is 2. The Morgan fingerprint density at radius 2 is 1.95 bits per heavy atom. The fourth-order valence-corrected chi connectivity index (χ4v) is 2.67. The molecule has 0 spiro atoms. The average Bonchev–Trinajstić information content (AvgIpc) is 2.79. The van der Waals surface area contributed by atoms with Gasteiger partial charge in [0.1, 0.15) is 11.5 Å². The predicted molar refractivity (Wildman–Crippen MR) is 87.1 cm³/mol. The summed E-state index contributed by atoms with van der Waals surface area (Å²) in [4.78, 5) is 12.2. The molecule has 0 fully saturated rings. The van der Waals surface area contributed by atoms with Gasteiger partial charge in [0, 0.05) is 28.3 Å². The number of hydrogen-bond acceptors (Lipinski definition) is 3. The molecule has 0 atom stereocenters. The van der Waals surface area contributed by atoms with Crippen molar-refractivity contribution in [3.8, 4) is 11.5 Å². The molecule has 1 aliphatic heterocycles. The maximum Gasteiger partial charge on any atom is 0.256 e. The van der Waals surface area contributed by atoms with E-state index in [4.69, 9.17) is 11.6 Å². The molecule has 4 nitrogen and oxygen atoms in total. The molecule has 5 heteroatoms. The lowest BCUT2D eigenvalue weighted by atomic mass is 10.0. The van der Waals surface area contributed by atoms with Crippen molar-refractivity contribution in [2.24, 2.45) is 0 Å². The zero-order chi connectivity index (χ0) is 15.7. The van der Waals surface area contributed by atoms with Gasteiger partial charge in [-0.25, -0.2) is 0 Å². The topological polar surface area (TPSA) is 69.6 Å². The normalized spacial score (nSPS) is 15.0. The molecule has 0 aromatic heterocycles. The molecule has 0 saturated carbocycles. The highest BCUT2D eigenvalue weighted by molar-refractivity contribution is 6.35. The number of aryl methyl sites for hydroxylation is 1. The van der Waals surface area contributed by atoms with Gasteiger partial charge in [-0.05, 0) is 48.4 Å². The van der Waals surface area contributed by atoms with Crippen LogP contribution in [0.1, 0.15) is 16.7 Å². The Balaban J connectivity index is 2.09. The summed E-state index contributed by atoms with van der Waals surface area (Å²) in [6, 6.07) is 9.88. The van der Waals surface area contributed by atoms with Gasteiger partial charge in [0.15, 0.2) is 0 Å². The quantitative estimate of drug-likeness (QED) is 0.462. The van der Waals surface area contributed by atoms with Gasteiger partial charge in [-0.15, -0.1) is 11.6 Å². The molecule has 0 aliphatic carbocycles. The Morgan fingerprint density at radius 1 is 1.14 bits per heavy atom. The summed E-state index contributed by atoms with van der Waals surface area (Å²) in [6.45, 7) is 0. The first-order valence-corrected chi connectivity index (χ1v) is 7.36. The highest BCUT2D eigenvalue weighted by Crippen LogP contribution is 2.35. The van der Waals surface area contributed by atoms with Crippen LogP contribution in [0.3, 0.4) is 0 Å². The highest BCUT2D eigenvalue weighted by Gasteiger charge is 2.24. The predicted octanol–water partition coefficient (Wildman–Crippen LogP) is 3.37. The number of carbonyl (C=O) groups is 1. The second-order valence-electron chi connectivity index (χ2n) is 5.07. The molecule has 2 aromatic carbocycles. The number of alkyl halides is 1. The van der Waals surface area contributed by atoms with E-state index in [-0.39, 0.29) is 17.4 Å². The largest absolute Gasteiger partial charge is 0.508 e. The lowest BCUT2D eigenvalue weighted by Gasteiger charge is -2.04. The number of benzene rings is 2. The number of rotatable bonds is 3. The average molecular weight is 316 g/mol. The van der Waals surface area contributed by atoms with Crippen molar-refractivity contribution in [2.45, 2.75) is 6.42 Å². The Morgan fingerprint density at radius 3 is 2.73 bits per heavy atom. The highest BCUT2D eigenvalue weighted by atomic mass is 35.5. The number of halogens is 1. The molecule has 1 heterocycles. The molecule has 0 saturated heterocycles. The minimum atomic E-state index is -0.235. The fourth-order valence-electron chi connectivity index (χ4n) is 2.46. The molecule has 0 radical (unpaired) electrons. The summed E-state index contributed by atoms with van der Waals surface area (Å²) in [7, 11) is 0. The summed E-state index contributed by atoms with van der Waals surface area (Å²) in [5.74, 6) is 0.301. The smallest absolute Gasteiger partial charge is 0.256 e. The van der Waals surface area contributed by atoms with Gasteiger partial charge in [-0.2, -0.15) is 0 Å². The van der Waals surface area contributed by atoms with Crippen LogP contribution >= 0.6 is 11.6 Å². The van der Waals surface area contributed by atoms with Crippen molar-refractivity contribution in [2.75, 3.05) is 11.2 Å². The van der Waals surface area contributed by atoms with E-state index in [0.29, 0.717) is 23.4 Å². The number of nitrogens with one attached hydrogen (secondary N) is 1. The summed E-state index contributed by atoms with van der Waals surface area (Å²) < 4.78 is 0. The van der Waals surface area contributed by atoms with Crippen LogP contribution < -0.4 is 5.32 Å². The Kier molecular flexibility index (Phi) is 3.77. The first-order chi connectivity index (χ1) is 10.6. The third kappa shape index (κ3) is 2.65. The lowest BCUT2D eigenvalue weighted by Crippen LogP contribution is -2.03. The molecule has 0 bridgehead atoms. The van der Waals surface area contributed by atoms with E-state index in [9.17, 15) is 15.0 Å². The van der Waals surface area contributed by atoms with E-state index >= 15 is 0 Å². The second kappa shape index (κ2) is 5.73. The SMILES string of the molecule is O=C1Nc2ccc(CCCl)cc2C1=Cc1cc(O)ccc1O. The zero-order valence-corrected chi connectivity index (χ0v) is 12.4. The van der Waals surface area contributed by atoms with E-state index in [0.717, 1.165) is 16.8 Å². The molecule has 2 aromatic rings. The van der Waals surface area contributed by atoms with Crippen LogP contribution in [0.5, 0.6) is 11.5 Å². The number of carbonyl (C=O) groups excluding carboxylic acids is 1. The van der Waals surface area contributed by atoms with Crippen LogP contribution in [0.2, 0.25) is 0 Å². The van der Waals surface area contributed by atoms with Crippen molar-refractivity contribution < 1.29 is 15.0 Å². The van der Waals surface area contributed by atoms with Crippen LogP contribution in [-0.4, -0.2) is 22.0 Å². The summed E-state index contributed by atoms with van der Waals surface area (Å²) in [5.41, 5.74) is 3.38. The van der Waals surface area contributed by atoms with Crippen molar-refractivity contribution in [1.29, 1.82) is 0 Å². The molecule has 112 valence electrons. The summed E-state index contributed by atoms with van der Waals surface area (Å²) >= 11 is 5.76. The van der Waals surface area contributed by atoms with Crippen LogP contribution in [0.15, 0.2) is 36.4 Å². The molecule has 1 aliphatic rings. The molecular weight excluding hydrogens is 302 g/mol. The van der Waals surface area contributed by atoms with Gasteiger partial charge in [-0.3, -0.25) is 4.79 Å². The minimum Gasteiger partial charge on any atom is -0.508 e. The molecule has 0 unspecified atom stereocenters. The van der Waals surface area contributed by atoms with Crippen LogP contribution in [0.25, 0.3) is 11.6 Å². The monoisotopic (exact) mass is 315 g/mol. The Hall–Kier alpha value is -2.46. The van der Waals surface area contributed by atoms with E-state index in [1.165, 1.54) is 18.2 Å². The third-order valence-electron chi connectivity index (χ3n) is 3.56. The number of aromatic hydroxyl groups is 2. The van der Waals surface area contributed by atoms with Gasteiger partial charge < -0.3 is 15.5 Å². The van der Waals surface area contributed by atoms with E-state index in [2.05, 4.69) is 5.32 Å². The molecule has 1 amide bonds. The first kappa shape index (κ1) is 14.5. The van der Waals surface area contributed by atoms with E-state index < -0.39 is 0 Å². The third-order valence-corrected chi connectivity index (χ3v) is 3.75. The van der Waals surface area contributed by atoms with Gasteiger partial charge in [0.25, 0.3) is 5.91 Å². The molecule has 3 rings (SSSR count). The number of hydrogen-bond donors (Lipinski definition) is 3. The van der Waals surface area contributed by atoms with Crippen LogP contribution in [0, 0.1) is 0 Å². The van der Waals surface area contributed by atoms with Gasteiger partial charge in [0.2, 0.25) is 0 Å². The van der Waals surface area contributed by atoms with Gasteiger partial charge >= 0.3 is 0 Å².